The van der Waals surface area contributed by atoms with Gasteiger partial charge in [-0.15, -0.1) is 0 Å². The third-order valence-corrected chi connectivity index (χ3v) is 2.28. The topological polar surface area (TPSA) is 86.2 Å². The quantitative estimate of drug-likeness (QED) is 0.887. The predicted molar refractivity (Wildman–Crippen MR) is 67.3 cm³/mol. The third kappa shape index (κ3) is 2.95. The maximum Gasteiger partial charge on any atom is 0.316 e. The molecule has 0 bridgehead atoms. The molecule has 2 heterocycles. The Balaban J connectivity index is 2.16. The van der Waals surface area contributed by atoms with Crippen LogP contribution >= 0.6 is 0 Å². The van der Waals surface area contributed by atoms with Gasteiger partial charge in [-0.3, -0.25) is 4.79 Å². The number of aromatic nitrogens is 3. The Morgan fingerprint density at radius 1 is 1.16 bits per heavy atom. The number of amides is 1. The van der Waals surface area contributed by atoms with Gasteiger partial charge in [-0.2, -0.15) is 0 Å². The van der Waals surface area contributed by atoms with Crippen molar-refractivity contribution in [2.24, 2.45) is 0 Å². The lowest BCUT2D eigenvalue weighted by Crippen LogP contribution is -2.14. The summed E-state index contributed by atoms with van der Waals surface area (Å²) < 4.78 is 9.85. The van der Waals surface area contributed by atoms with Crippen molar-refractivity contribution in [1.29, 1.82) is 0 Å². The molecule has 0 spiro atoms. The summed E-state index contributed by atoms with van der Waals surface area (Å²) in [5.41, 5.74) is 0.789. The Kier molecular flexibility index (Phi) is 3.87. The van der Waals surface area contributed by atoms with Gasteiger partial charge in [-0.1, -0.05) is 0 Å². The van der Waals surface area contributed by atoms with E-state index in [1.54, 1.807) is 18.3 Å². The van der Waals surface area contributed by atoms with Crippen LogP contribution in [0.1, 0.15) is 10.4 Å². The minimum Gasteiger partial charge on any atom is -0.480 e. The Labute approximate surface area is 109 Å². The van der Waals surface area contributed by atoms with Crippen LogP contribution in [0.5, 0.6) is 11.9 Å². The molecule has 7 heteroatoms. The van der Waals surface area contributed by atoms with Crippen molar-refractivity contribution in [3.63, 3.8) is 0 Å². The van der Waals surface area contributed by atoms with E-state index in [-0.39, 0.29) is 17.8 Å². The first-order valence-electron chi connectivity index (χ1n) is 5.41. The fourth-order valence-electron chi connectivity index (χ4n) is 1.41. The molecule has 0 aliphatic heterocycles. The Morgan fingerprint density at radius 2 is 1.89 bits per heavy atom. The summed E-state index contributed by atoms with van der Waals surface area (Å²) in [5.74, 6) is -0.0897. The lowest BCUT2D eigenvalue weighted by atomic mass is 10.2. The fourth-order valence-corrected chi connectivity index (χ4v) is 1.41. The van der Waals surface area contributed by atoms with E-state index in [1.807, 2.05) is 0 Å². The van der Waals surface area contributed by atoms with E-state index < -0.39 is 0 Å². The average Bonchev–Trinajstić information content (AvgIpc) is 2.48. The summed E-state index contributed by atoms with van der Waals surface area (Å²) in [7, 11) is 2.92. The standard InChI is InChI=1S/C12H12N4O3/c1-18-11-9(4-3-5-13-11)10(17)16-8-6-14-12(19-2)15-7-8/h3-7H,1-2H3,(H,16,17). The number of methoxy groups -OCH3 is 2. The maximum atomic E-state index is 12.0. The normalized spacial score (nSPS) is 9.79. The molecule has 1 amide bonds. The van der Waals surface area contributed by atoms with Crippen LogP contribution in [0.15, 0.2) is 30.7 Å². The van der Waals surface area contributed by atoms with Crippen LogP contribution in [0.2, 0.25) is 0 Å². The second kappa shape index (κ2) is 5.76. The fraction of sp³-hybridized carbons (Fsp3) is 0.167. The lowest BCUT2D eigenvalue weighted by molar-refractivity contribution is 0.102. The van der Waals surface area contributed by atoms with Crippen LogP contribution in [0.3, 0.4) is 0 Å². The predicted octanol–water partition coefficient (Wildman–Crippen LogP) is 1.14. The number of carbonyl (C=O) groups excluding carboxylic acids is 1. The summed E-state index contributed by atoms with van der Waals surface area (Å²) in [4.78, 5) is 23.8. The average molecular weight is 260 g/mol. The Hall–Kier alpha value is -2.70. The summed E-state index contributed by atoms with van der Waals surface area (Å²) in [5, 5.41) is 2.64. The zero-order chi connectivity index (χ0) is 13.7. The van der Waals surface area contributed by atoms with Gasteiger partial charge in [0, 0.05) is 6.20 Å². The molecule has 0 aliphatic carbocycles. The number of nitrogens with one attached hydrogen (secondary N) is 1. The third-order valence-electron chi connectivity index (χ3n) is 2.28. The SMILES string of the molecule is COc1ncc(NC(=O)c2cccnc2OC)cn1. The van der Waals surface area contributed by atoms with E-state index in [1.165, 1.54) is 26.6 Å². The minimum absolute atomic E-state index is 0.233. The number of pyridine rings is 1. The molecule has 2 aromatic rings. The smallest absolute Gasteiger partial charge is 0.316 e. The van der Waals surface area contributed by atoms with Gasteiger partial charge in [-0.05, 0) is 12.1 Å². The highest BCUT2D eigenvalue weighted by Crippen LogP contribution is 2.16. The number of carbonyl (C=O) groups is 1. The molecule has 0 saturated carbocycles. The van der Waals surface area contributed by atoms with Crippen molar-refractivity contribution < 1.29 is 14.3 Å². The summed E-state index contributed by atoms with van der Waals surface area (Å²) >= 11 is 0. The van der Waals surface area contributed by atoms with Crippen molar-refractivity contribution in [2.75, 3.05) is 19.5 Å². The van der Waals surface area contributed by atoms with E-state index in [0.717, 1.165) is 0 Å². The van der Waals surface area contributed by atoms with E-state index in [0.29, 0.717) is 11.3 Å². The molecule has 0 unspecified atom stereocenters. The highest BCUT2D eigenvalue weighted by molar-refractivity contribution is 6.05. The second-order valence-corrected chi connectivity index (χ2v) is 3.47. The number of nitrogens with zero attached hydrogens (tertiary/aromatic N) is 3. The molecule has 0 fully saturated rings. The molecule has 7 nitrogen and oxygen atoms in total. The number of hydrogen-bond acceptors (Lipinski definition) is 6. The van der Waals surface area contributed by atoms with E-state index in [2.05, 4.69) is 20.3 Å². The van der Waals surface area contributed by atoms with Crippen molar-refractivity contribution >= 4 is 11.6 Å². The van der Waals surface area contributed by atoms with E-state index >= 15 is 0 Å². The van der Waals surface area contributed by atoms with Gasteiger partial charge in [0.2, 0.25) is 5.88 Å². The molecule has 1 N–H and O–H groups in total. The molecule has 0 aromatic carbocycles. The van der Waals surface area contributed by atoms with Gasteiger partial charge in [0.15, 0.2) is 0 Å². The highest BCUT2D eigenvalue weighted by atomic mass is 16.5. The molecule has 2 aromatic heterocycles. The Morgan fingerprint density at radius 3 is 2.53 bits per heavy atom. The second-order valence-electron chi connectivity index (χ2n) is 3.47. The highest BCUT2D eigenvalue weighted by Gasteiger charge is 2.13. The van der Waals surface area contributed by atoms with Crippen LogP contribution < -0.4 is 14.8 Å². The molecule has 2 rings (SSSR count). The number of hydrogen-bond donors (Lipinski definition) is 1. The summed E-state index contributed by atoms with van der Waals surface area (Å²) in [6.45, 7) is 0. The maximum absolute atomic E-state index is 12.0. The van der Waals surface area contributed by atoms with Gasteiger partial charge in [0.25, 0.3) is 5.91 Å². The molecule has 0 radical (unpaired) electrons. The molecular weight excluding hydrogens is 248 g/mol. The molecule has 0 saturated heterocycles. The van der Waals surface area contributed by atoms with Crippen molar-refractivity contribution in [2.45, 2.75) is 0 Å². The number of anilines is 1. The van der Waals surface area contributed by atoms with E-state index in [9.17, 15) is 4.79 Å². The van der Waals surface area contributed by atoms with Gasteiger partial charge >= 0.3 is 6.01 Å². The summed E-state index contributed by atoms with van der Waals surface area (Å²) in [6, 6.07) is 3.50. The first-order chi connectivity index (χ1) is 9.24. The van der Waals surface area contributed by atoms with Crippen LogP contribution in [-0.4, -0.2) is 35.1 Å². The first kappa shape index (κ1) is 12.7. The molecular formula is C12H12N4O3. The molecule has 0 aliphatic rings. The largest absolute Gasteiger partial charge is 0.480 e. The monoisotopic (exact) mass is 260 g/mol. The molecule has 98 valence electrons. The number of rotatable bonds is 4. The van der Waals surface area contributed by atoms with Gasteiger partial charge in [0.1, 0.15) is 5.56 Å². The first-order valence-corrected chi connectivity index (χ1v) is 5.41. The van der Waals surface area contributed by atoms with Crippen LogP contribution in [-0.2, 0) is 0 Å². The van der Waals surface area contributed by atoms with Crippen LogP contribution in [0.25, 0.3) is 0 Å². The van der Waals surface area contributed by atoms with E-state index in [4.69, 9.17) is 9.47 Å². The van der Waals surface area contributed by atoms with Crippen molar-refractivity contribution in [3.8, 4) is 11.9 Å². The molecule has 0 atom stereocenters. The van der Waals surface area contributed by atoms with Crippen molar-refractivity contribution in [3.05, 3.63) is 36.3 Å². The molecule has 19 heavy (non-hydrogen) atoms. The van der Waals surface area contributed by atoms with Gasteiger partial charge in [0.05, 0.1) is 32.3 Å². The zero-order valence-electron chi connectivity index (χ0n) is 10.5. The van der Waals surface area contributed by atoms with Gasteiger partial charge < -0.3 is 14.8 Å². The van der Waals surface area contributed by atoms with Crippen LogP contribution in [0, 0.1) is 0 Å². The number of ether oxygens (including phenoxy) is 2. The Bertz CT molecular complexity index is 571. The lowest BCUT2D eigenvalue weighted by Gasteiger charge is -2.07. The van der Waals surface area contributed by atoms with Crippen molar-refractivity contribution in [1.82, 2.24) is 15.0 Å². The zero-order valence-corrected chi connectivity index (χ0v) is 10.5. The van der Waals surface area contributed by atoms with Crippen LogP contribution in [0.4, 0.5) is 5.69 Å². The summed E-state index contributed by atoms with van der Waals surface area (Å²) in [6.07, 6.45) is 4.45. The minimum atomic E-state index is -0.348. The van der Waals surface area contributed by atoms with Gasteiger partial charge in [-0.25, -0.2) is 15.0 Å².